The van der Waals surface area contributed by atoms with Crippen LogP contribution >= 0.6 is 39.5 Å². The van der Waals surface area contributed by atoms with Crippen LogP contribution in [0.5, 0.6) is 0 Å². The normalized spacial score (nSPS) is 11.2. The Labute approximate surface area is 365 Å². The highest BCUT2D eigenvalue weighted by molar-refractivity contribution is 9.10. The molecule has 0 saturated carbocycles. The zero-order valence-electron chi connectivity index (χ0n) is 32.2. The summed E-state index contributed by atoms with van der Waals surface area (Å²) in [4.78, 5) is 4.78. The zero-order chi connectivity index (χ0) is 40.3. The van der Waals surface area contributed by atoms with Crippen LogP contribution in [0.4, 0.5) is 11.4 Å². The average Bonchev–Trinajstić information content (AvgIpc) is 3.86. The molecule has 1 N–H and O–H groups in total. The lowest BCUT2D eigenvalue weighted by atomic mass is 9.95. The van der Waals surface area contributed by atoms with Crippen molar-refractivity contribution in [2.75, 3.05) is 5.32 Å². The highest BCUT2D eigenvalue weighted by atomic mass is 79.9. The molecule has 0 aliphatic carbocycles. The smallest absolute Gasteiger partial charge is 0.138 e. The lowest BCUT2D eigenvalue weighted by Gasteiger charge is -2.18. The molecule has 0 atom stereocenters. The molecule has 0 aliphatic rings. The van der Waals surface area contributed by atoms with Gasteiger partial charge in [-0.25, -0.2) is 0 Å². The first-order valence-electron chi connectivity index (χ1n) is 19.7. The minimum atomic E-state index is 0.873. The summed E-state index contributed by atoms with van der Waals surface area (Å²) in [6.07, 6.45) is 0. The Hall–Kier alpha value is -6.44. The molecule has 0 unspecified atom stereocenters. The number of rotatable bonds is 8. The van der Waals surface area contributed by atoms with E-state index >= 15 is 0 Å². The number of furan rings is 2. The van der Waals surface area contributed by atoms with Crippen molar-refractivity contribution >= 4 is 94.7 Å². The maximum absolute atomic E-state index is 6.39. The fraction of sp³-hybridized carbons (Fsp3) is 0. The van der Waals surface area contributed by atoms with Crippen molar-refractivity contribution < 1.29 is 8.83 Å². The number of hydrogen-bond acceptors (Lipinski definition) is 5. The molecule has 2 aromatic heterocycles. The third-order valence-electron chi connectivity index (χ3n) is 10.3. The predicted molar refractivity (Wildman–Crippen MR) is 257 cm³/mol. The first-order chi connectivity index (χ1) is 29.6. The van der Waals surface area contributed by atoms with Gasteiger partial charge in [-0.3, -0.25) is 0 Å². The maximum atomic E-state index is 6.39. The topological polar surface area (TPSA) is 38.3 Å². The largest absolute Gasteiger partial charge is 0.456 e. The quantitative estimate of drug-likeness (QED) is 0.165. The number of benzene rings is 9. The van der Waals surface area contributed by atoms with E-state index in [0.29, 0.717) is 0 Å². The second-order valence-corrected chi connectivity index (χ2v) is 17.4. The molecule has 11 aromatic rings. The van der Waals surface area contributed by atoms with Gasteiger partial charge in [0.1, 0.15) is 22.3 Å². The van der Waals surface area contributed by atoms with Gasteiger partial charge in [0.05, 0.1) is 5.69 Å². The maximum Gasteiger partial charge on any atom is 0.138 e. The summed E-state index contributed by atoms with van der Waals surface area (Å²) in [5.41, 5.74) is 10.3. The summed E-state index contributed by atoms with van der Waals surface area (Å²) < 4.78 is 13.4. The minimum Gasteiger partial charge on any atom is -0.456 e. The standard InChI is InChI=1S/C36H25NOS.C18H11BrOS/c1-4-13-25(14-5-1)29-20-12-21-30(26-15-6-2-7-16-26)36(29)37-27-23-33-35(31-19-10-11-22-32(31)38-33)34(24-27)39-28-17-8-3-9-18-28;19-12-10-16-18(14-8-4-5-9-15(14)20-16)17(11-12)21-13-6-2-1-3-7-13/h1-24,37H;1-11H. The van der Waals surface area contributed by atoms with Gasteiger partial charge >= 0.3 is 0 Å². The van der Waals surface area contributed by atoms with Gasteiger partial charge < -0.3 is 14.2 Å². The molecule has 0 saturated heterocycles. The van der Waals surface area contributed by atoms with E-state index in [1.54, 1.807) is 23.5 Å². The predicted octanol–water partition coefficient (Wildman–Crippen LogP) is 17.3. The molecule has 0 spiro atoms. The first kappa shape index (κ1) is 37.8. The highest BCUT2D eigenvalue weighted by Crippen LogP contribution is 2.45. The monoisotopic (exact) mass is 873 g/mol. The molecule has 9 aromatic carbocycles. The summed E-state index contributed by atoms with van der Waals surface area (Å²) in [6.45, 7) is 0. The SMILES string of the molecule is Brc1cc(Sc2ccccc2)c2c(c1)oc1ccccc12.c1ccc(Sc2cc(Nc3c(-c4ccccc4)cccc3-c3ccccc3)cc3oc4ccccc4c23)cc1. The molecular weight excluding hydrogens is 839 g/mol. The number of anilines is 2. The van der Waals surface area contributed by atoms with Crippen LogP contribution in [-0.4, -0.2) is 0 Å². The molecule has 0 amide bonds. The van der Waals surface area contributed by atoms with Crippen molar-refractivity contribution in [2.45, 2.75) is 19.6 Å². The van der Waals surface area contributed by atoms with Crippen molar-refractivity contribution in [2.24, 2.45) is 0 Å². The zero-order valence-corrected chi connectivity index (χ0v) is 35.4. The van der Waals surface area contributed by atoms with Crippen molar-refractivity contribution in [3.8, 4) is 22.3 Å². The summed E-state index contributed by atoms with van der Waals surface area (Å²) in [7, 11) is 0. The molecule has 6 heteroatoms. The summed E-state index contributed by atoms with van der Waals surface area (Å²) in [5, 5.41) is 8.45. The van der Waals surface area contributed by atoms with Gasteiger partial charge in [-0.15, -0.1) is 0 Å². The molecule has 288 valence electrons. The van der Waals surface area contributed by atoms with E-state index in [4.69, 9.17) is 8.83 Å². The van der Waals surface area contributed by atoms with Crippen LogP contribution in [0.3, 0.4) is 0 Å². The third-order valence-corrected chi connectivity index (χ3v) is 12.9. The minimum absolute atomic E-state index is 0.873. The summed E-state index contributed by atoms with van der Waals surface area (Å²) in [6, 6.07) is 73.5. The lowest BCUT2D eigenvalue weighted by Crippen LogP contribution is -1.97. The molecule has 3 nitrogen and oxygen atoms in total. The fourth-order valence-electron chi connectivity index (χ4n) is 7.61. The molecule has 0 radical (unpaired) electrons. The van der Waals surface area contributed by atoms with Crippen LogP contribution in [0.15, 0.2) is 245 Å². The van der Waals surface area contributed by atoms with E-state index in [-0.39, 0.29) is 0 Å². The van der Waals surface area contributed by atoms with Crippen LogP contribution in [0, 0.1) is 0 Å². The van der Waals surface area contributed by atoms with Gasteiger partial charge in [0.15, 0.2) is 0 Å². The highest BCUT2D eigenvalue weighted by Gasteiger charge is 2.18. The van der Waals surface area contributed by atoms with Crippen molar-refractivity contribution in [1.29, 1.82) is 0 Å². The van der Waals surface area contributed by atoms with E-state index < -0.39 is 0 Å². The molecule has 2 heterocycles. The van der Waals surface area contributed by atoms with Crippen LogP contribution in [0.1, 0.15) is 0 Å². The summed E-state index contributed by atoms with van der Waals surface area (Å²) >= 11 is 7.10. The van der Waals surface area contributed by atoms with E-state index in [0.717, 1.165) is 65.0 Å². The van der Waals surface area contributed by atoms with E-state index in [9.17, 15) is 0 Å². The van der Waals surface area contributed by atoms with E-state index in [1.807, 2.05) is 36.4 Å². The van der Waals surface area contributed by atoms with Crippen LogP contribution < -0.4 is 5.32 Å². The molecular formula is C54H36BrNO2S2. The number of fused-ring (bicyclic) bond motifs is 6. The second-order valence-electron chi connectivity index (χ2n) is 14.2. The van der Waals surface area contributed by atoms with E-state index in [2.05, 4.69) is 197 Å². The molecule has 60 heavy (non-hydrogen) atoms. The van der Waals surface area contributed by atoms with E-state index in [1.165, 1.54) is 36.6 Å². The van der Waals surface area contributed by atoms with Crippen molar-refractivity contribution in [3.63, 3.8) is 0 Å². The Morgan fingerprint density at radius 2 is 0.817 bits per heavy atom. The number of nitrogens with one attached hydrogen (secondary N) is 1. The van der Waals surface area contributed by atoms with Gasteiger partial charge in [0.2, 0.25) is 0 Å². The Morgan fingerprint density at radius 3 is 1.33 bits per heavy atom. The van der Waals surface area contributed by atoms with Crippen LogP contribution in [0.25, 0.3) is 66.1 Å². The first-order valence-corrected chi connectivity index (χ1v) is 22.1. The van der Waals surface area contributed by atoms with Crippen molar-refractivity contribution in [3.05, 3.63) is 217 Å². The van der Waals surface area contributed by atoms with Gasteiger partial charge in [-0.05, 0) is 65.7 Å². The molecule has 0 fully saturated rings. The second kappa shape index (κ2) is 17.0. The fourth-order valence-corrected chi connectivity index (χ4v) is 10.3. The van der Waals surface area contributed by atoms with Gasteiger partial charge in [0, 0.05) is 68.5 Å². The van der Waals surface area contributed by atoms with Gasteiger partial charge in [-0.1, -0.05) is 191 Å². The third kappa shape index (κ3) is 7.85. The number of halogens is 1. The Bertz CT molecular complexity index is 3180. The summed E-state index contributed by atoms with van der Waals surface area (Å²) in [5.74, 6) is 0. The Kier molecular flexibility index (Phi) is 10.7. The van der Waals surface area contributed by atoms with Crippen LogP contribution in [-0.2, 0) is 0 Å². The Morgan fingerprint density at radius 1 is 0.383 bits per heavy atom. The number of hydrogen-bond donors (Lipinski definition) is 1. The average molecular weight is 875 g/mol. The molecule has 0 bridgehead atoms. The lowest BCUT2D eigenvalue weighted by molar-refractivity contribution is 0.668. The Balaban J connectivity index is 0.000000173. The van der Waals surface area contributed by atoms with Gasteiger partial charge in [0.25, 0.3) is 0 Å². The number of para-hydroxylation sites is 3. The van der Waals surface area contributed by atoms with Gasteiger partial charge in [-0.2, -0.15) is 0 Å². The van der Waals surface area contributed by atoms with Crippen LogP contribution in [0.2, 0.25) is 0 Å². The van der Waals surface area contributed by atoms with Crippen molar-refractivity contribution in [1.82, 2.24) is 0 Å². The molecule has 11 rings (SSSR count). The molecule has 0 aliphatic heterocycles.